The maximum absolute atomic E-state index is 13.8. The van der Waals surface area contributed by atoms with Gasteiger partial charge in [-0.05, 0) is 61.1 Å². The van der Waals surface area contributed by atoms with Crippen molar-refractivity contribution in [3.8, 4) is 0 Å². The Morgan fingerprint density at radius 3 is 2.19 bits per heavy atom. The largest absolute Gasteiger partial charge is 0.468 e. The summed E-state index contributed by atoms with van der Waals surface area (Å²) >= 11 is 1.47. The van der Waals surface area contributed by atoms with Gasteiger partial charge in [-0.1, -0.05) is 126 Å². The van der Waals surface area contributed by atoms with Crippen LogP contribution in [0, 0.1) is 6.92 Å². The van der Waals surface area contributed by atoms with Crippen LogP contribution in [0.1, 0.15) is 126 Å². The molecule has 284 valence electrons. The molecule has 3 aromatic rings. The molecule has 3 amide bonds. The summed E-state index contributed by atoms with van der Waals surface area (Å²) < 4.78 is 10.6. The molecule has 2 N–H and O–H groups in total. The van der Waals surface area contributed by atoms with Crippen molar-refractivity contribution in [2.75, 3.05) is 19.0 Å². The first-order valence-corrected chi connectivity index (χ1v) is 20.0. The maximum atomic E-state index is 13.8. The Balaban J connectivity index is 0.00000358. The van der Waals surface area contributed by atoms with E-state index < -0.39 is 18.2 Å². The molecule has 0 bridgehead atoms. The van der Waals surface area contributed by atoms with Gasteiger partial charge in [0.1, 0.15) is 6.79 Å². The molecule has 11 heteroatoms. The first-order valence-electron chi connectivity index (χ1n) is 19.0. The molecule has 2 heterocycles. The van der Waals surface area contributed by atoms with E-state index in [1.54, 1.807) is 6.92 Å². The van der Waals surface area contributed by atoms with Gasteiger partial charge in [0.05, 0.1) is 30.3 Å². The zero-order chi connectivity index (χ0) is 37.6. The van der Waals surface area contributed by atoms with Crippen molar-refractivity contribution in [1.82, 2.24) is 20.2 Å². The molecule has 4 rings (SSSR count). The SMILES string of the molecule is C=O.CCCCCCCCCCCCCCCc1cccc(C)c1C1C(CCOC=O)=C(CSc2nc3ccccc3[nH]2)NC(=O)N1C(=O)OCC. The number of carbonyl (C=O) groups is 4. The highest BCUT2D eigenvalue weighted by Gasteiger charge is 2.41. The zero-order valence-corrected chi connectivity index (χ0v) is 32.2. The summed E-state index contributed by atoms with van der Waals surface area (Å²) in [5, 5.41) is 3.70. The highest BCUT2D eigenvalue weighted by Crippen LogP contribution is 2.41. The van der Waals surface area contributed by atoms with Crippen LogP contribution >= 0.6 is 11.8 Å². The lowest BCUT2D eigenvalue weighted by molar-refractivity contribution is -0.128. The van der Waals surface area contributed by atoms with Gasteiger partial charge in [0.15, 0.2) is 5.16 Å². The molecule has 1 aliphatic rings. The highest BCUT2D eigenvalue weighted by molar-refractivity contribution is 7.99. The van der Waals surface area contributed by atoms with Crippen molar-refractivity contribution >= 4 is 48.2 Å². The number of aromatic amines is 1. The van der Waals surface area contributed by atoms with E-state index in [-0.39, 0.29) is 13.2 Å². The van der Waals surface area contributed by atoms with Crippen molar-refractivity contribution in [2.45, 2.75) is 128 Å². The predicted octanol–water partition coefficient (Wildman–Crippen LogP) is 10.2. The normalized spacial score (nSPS) is 14.2. The Morgan fingerprint density at radius 1 is 0.904 bits per heavy atom. The van der Waals surface area contributed by atoms with Gasteiger partial charge < -0.3 is 24.6 Å². The number of H-pyrrole nitrogens is 1. The van der Waals surface area contributed by atoms with Crippen LogP contribution in [0.2, 0.25) is 0 Å². The predicted molar refractivity (Wildman–Crippen MR) is 208 cm³/mol. The quantitative estimate of drug-likeness (QED) is 0.0559. The summed E-state index contributed by atoms with van der Waals surface area (Å²) in [6.45, 7) is 8.70. The van der Waals surface area contributed by atoms with E-state index >= 15 is 0 Å². The van der Waals surface area contributed by atoms with E-state index in [1.165, 1.54) is 87.3 Å². The number of ether oxygens (including phenoxy) is 2. The smallest absolute Gasteiger partial charge is 0.418 e. The third kappa shape index (κ3) is 12.8. The summed E-state index contributed by atoms with van der Waals surface area (Å²) in [4.78, 5) is 55.7. The first-order chi connectivity index (χ1) is 25.5. The van der Waals surface area contributed by atoms with Crippen LogP contribution in [-0.4, -0.2) is 59.2 Å². The molecular formula is C41H58N4O6S. The van der Waals surface area contributed by atoms with E-state index in [4.69, 9.17) is 19.3 Å². The van der Waals surface area contributed by atoms with Gasteiger partial charge in [-0.15, -0.1) is 0 Å². The van der Waals surface area contributed by atoms with Crippen LogP contribution in [0.25, 0.3) is 11.0 Å². The van der Waals surface area contributed by atoms with E-state index in [9.17, 15) is 14.4 Å². The number of imide groups is 1. The summed E-state index contributed by atoms with van der Waals surface area (Å²) in [7, 11) is 0. The number of unbranched alkanes of at least 4 members (excludes halogenated alkanes) is 12. The highest BCUT2D eigenvalue weighted by atomic mass is 32.2. The molecule has 1 aromatic heterocycles. The number of fused-ring (bicyclic) bond motifs is 1. The fourth-order valence-electron chi connectivity index (χ4n) is 6.85. The molecule has 52 heavy (non-hydrogen) atoms. The Kier molecular flexibility index (Phi) is 19.7. The van der Waals surface area contributed by atoms with E-state index in [0.717, 1.165) is 57.7 Å². The number of para-hydroxylation sites is 2. The number of rotatable bonds is 23. The van der Waals surface area contributed by atoms with Crippen LogP contribution < -0.4 is 5.32 Å². The van der Waals surface area contributed by atoms with Crippen LogP contribution in [-0.2, 0) is 25.5 Å². The van der Waals surface area contributed by atoms with Gasteiger partial charge in [-0.25, -0.2) is 19.5 Å². The fourth-order valence-corrected chi connectivity index (χ4v) is 7.73. The third-order valence-electron chi connectivity index (χ3n) is 9.43. The van der Waals surface area contributed by atoms with Gasteiger partial charge in [0.2, 0.25) is 0 Å². The summed E-state index contributed by atoms with van der Waals surface area (Å²) in [6.07, 6.45) is 17.2. The third-order valence-corrected chi connectivity index (χ3v) is 10.3. The second kappa shape index (κ2) is 24.2. The average Bonchev–Trinajstić information content (AvgIpc) is 3.57. The minimum absolute atomic E-state index is 0.112. The van der Waals surface area contributed by atoms with Crippen molar-refractivity contribution in [3.63, 3.8) is 0 Å². The molecule has 0 radical (unpaired) electrons. The number of urea groups is 1. The number of aromatic nitrogens is 2. The second-order valence-electron chi connectivity index (χ2n) is 13.1. The lowest BCUT2D eigenvalue weighted by Gasteiger charge is -2.39. The van der Waals surface area contributed by atoms with Crippen LogP contribution in [0.5, 0.6) is 0 Å². The number of aryl methyl sites for hydroxylation is 2. The van der Waals surface area contributed by atoms with Gasteiger partial charge in [0, 0.05) is 17.9 Å². The molecule has 1 unspecified atom stereocenters. The Labute approximate surface area is 313 Å². The summed E-state index contributed by atoms with van der Waals surface area (Å²) in [5.41, 5.74) is 6.31. The van der Waals surface area contributed by atoms with Crippen LogP contribution in [0.15, 0.2) is 58.9 Å². The molecule has 1 atom stereocenters. The molecule has 0 aliphatic carbocycles. The van der Waals surface area contributed by atoms with Gasteiger partial charge >= 0.3 is 12.1 Å². The second-order valence-corrected chi connectivity index (χ2v) is 14.1. The number of nitrogens with one attached hydrogen (secondary N) is 2. The number of carbonyl (C=O) groups excluding carboxylic acids is 4. The van der Waals surface area contributed by atoms with E-state index in [2.05, 4.69) is 23.3 Å². The lowest BCUT2D eigenvalue weighted by atomic mass is 9.85. The Bertz CT molecular complexity index is 1540. The Hall–Kier alpha value is -4.12. The molecule has 0 spiro atoms. The maximum Gasteiger partial charge on any atom is 0.418 e. The van der Waals surface area contributed by atoms with Crippen molar-refractivity contribution in [1.29, 1.82) is 0 Å². The fraction of sp³-hybridized carbons (Fsp3) is 0.537. The van der Waals surface area contributed by atoms with Gasteiger partial charge in [-0.3, -0.25) is 4.79 Å². The van der Waals surface area contributed by atoms with Crippen LogP contribution in [0.4, 0.5) is 9.59 Å². The molecular weight excluding hydrogens is 677 g/mol. The van der Waals surface area contributed by atoms with Gasteiger partial charge in [-0.2, -0.15) is 0 Å². The summed E-state index contributed by atoms with van der Waals surface area (Å²) in [6, 6.07) is 12.8. The number of benzene rings is 2. The minimum atomic E-state index is -0.706. The average molecular weight is 735 g/mol. The molecule has 1 aliphatic heterocycles. The standard InChI is InChI=1S/C40H56N4O5S.CH2O/c1-4-6-7-8-9-10-11-12-13-14-15-16-17-22-31-23-20-21-30(3)36(31)37-32(26-27-48-29-45)35(43-39(46)44(37)40(47)49-5-2)28-50-38-41-33-24-18-19-25-34(33)42-38;1-2/h18-21,23-25,29,37H,4-17,22,26-28H2,1-3H3,(H,41,42)(H,43,46);1H2. The molecule has 0 saturated heterocycles. The monoisotopic (exact) mass is 734 g/mol. The number of amides is 3. The van der Waals surface area contributed by atoms with Crippen molar-refractivity contribution < 1.29 is 28.7 Å². The van der Waals surface area contributed by atoms with Crippen LogP contribution in [0.3, 0.4) is 0 Å². The number of hydrogen-bond donors (Lipinski definition) is 2. The topological polar surface area (TPSA) is 131 Å². The number of thioether (sulfide) groups is 1. The van der Waals surface area contributed by atoms with Crippen molar-refractivity contribution in [3.05, 3.63) is 70.4 Å². The Morgan fingerprint density at radius 2 is 1.56 bits per heavy atom. The number of nitrogens with zero attached hydrogens (tertiary/aromatic N) is 2. The van der Waals surface area contributed by atoms with E-state index in [0.29, 0.717) is 24.3 Å². The zero-order valence-electron chi connectivity index (χ0n) is 31.4. The molecule has 0 fully saturated rings. The van der Waals surface area contributed by atoms with E-state index in [1.807, 2.05) is 50.1 Å². The lowest BCUT2D eigenvalue weighted by Crippen LogP contribution is -2.51. The molecule has 2 aromatic carbocycles. The summed E-state index contributed by atoms with van der Waals surface area (Å²) in [5.74, 6) is 0.398. The molecule has 10 nitrogen and oxygen atoms in total. The first kappa shape index (κ1) is 42.3. The van der Waals surface area contributed by atoms with Crippen molar-refractivity contribution in [2.24, 2.45) is 0 Å². The number of imidazole rings is 1. The molecule has 0 saturated carbocycles. The number of hydrogen-bond acceptors (Lipinski definition) is 8. The van der Waals surface area contributed by atoms with Gasteiger partial charge in [0.25, 0.3) is 6.47 Å². The minimum Gasteiger partial charge on any atom is -0.468 e.